The average molecular weight is 283 g/mol. The van der Waals surface area contributed by atoms with Crippen LogP contribution in [0.5, 0.6) is 0 Å². The summed E-state index contributed by atoms with van der Waals surface area (Å²) >= 11 is 3.45. The minimum atomic E-state index is -0.335. The summed E-state index contributed by atoms with van der Waals surface area (Å²) in [6.07, 6.45) is 1.77. The van der Waals surface area contributed by atoms with E-state index in [2.05, 4.69) is 15.9 Å². The molecule has 0 aromatic heterocycles. The van der Waals surface area contributed by atoms with Crippen molar-refractivity contribution < 1.29 is 4.79 Å². The van der Waals surface area contributed by atoms with Crippen molar-refractivity contribution in [1.29, 1.82) is 0 Å². The molecule has 0 saturated carbocycles. The van der Waals surface area contributed by atoms with Crippen LogP contribution in [0.3, 0.4) is 0 Å². The van der Waals surface area contributed by atoms with Crippen LogP contribution in [-0.2, 0) is 4.79 Å². The van der Waals surface area contributed by atoms with Gasteiger partial charge in [0.05, 0.1) is 6.04 Å². The van der Waals surface area contributed by atoms with E-state index >= 15 is 0 Å². The predicted octanol–water partition coefficient (Wildman–Crippen LogP) is 2.21. The second-order valence-corrected chi connectivity index (χ2v) is 5.03. The second kappa shape index (κ2) is 4.55. The molecular weight excluding hydrogens is 268 g/mol. The van der Waals surface area contributed by atoms with Crippen molar-refractivity contribution in [1.82, 2.24) is 0 Å². The summed E-state index contributed by atoms with van der Waals surface area (Å²) in [6.45, 7) is 2.79. The third-order valence-electron chi connectivity index (χ3n) is 2.93. The van der Waals surface area contributed by atoms with Crippen LogP contribution in [-0.4, -0.2) is 18.5 Å². The highest BCUT2D eigenvalue weighted by Gasteiger charge is 2.26. The molecule has 2 rings (SSSR count). The molecular formula is C12H15BrN2O. The van der Waals surface area contributed by atoms with Gasteiger partial charge in [0.2, 0.25) is 5.91 Å². The van der Waals surface area contributed by atoms with Gasteiger partial charge < -0.3 is 10.6 Å². The van der Waals surface area contributed by atoms with Crippen LogP contribution in [0, 0.1) is 6.92 Å². The third-order valence-corrected chi connectivity index (χ3v) is 3.82. The summed E-state index contributed by atoms with van der Waals surface area (Å²) in [4.78, 5) is 13.7. The summed E-state index contributed by atoms with van der Waals surface area (Å²) in [5.74, 6) is 0.0352. The number of nitrogens with two attached hydrogens (primary N) is 1. The van der Waals surface area contributed by atoms with Crippen LogP contribution in [0.25, 0.3) is 0 Å². The predicted molar refractivity (Wildman–Crippen MR) is 68.4 cm³/mol. The van der Waals surface area contributed by atoms with Crippen molar-refractivity contribution in [3.8, 4) is 0 Å². The first-order valence-corrected chi connectivity index (χ1v) is 6.22. The standard InChI is InChI=1S/C12H15BrN2O/c1-8-7-9(4-5-10(8)13)15-6-2-3-11(14)12(15)16/h4-5,7,11H,2-3,6,14H2,1H3/t11-/m0/s1. The van der Waals surface area contributed by atoms with Gasteiger partial charge in [0, 0.05) is 16.7 Å². The molecule has 1 amide bonds. The number of anilines is 1. The Kier molecular flexibility index (Phi) is 3.30. The fourth-order valence-corrected chi connectivity index (χ4v) is 2.20. The fraction of sp³-hybridized carbons (Fsp3) is 0.417. The molecule has 1 aromatic rings. The Hall–Kier alpha value is -0.870. The van der Waals surface area contributed by atoms with E-state index in [9.17, 15) is 4.79 Å². The van der Waals surface area contributed by atoms with Gasteiger partial charge in [0.25, 0.3) is 0 Å². The number of aryl methyl sites for hydroxylation is 1. The van der Waals surface area contributed by atoms with Crippen molar-refractivity contribution in [2.24, 2.45) is 5.73 Å². The number of hydrogen-bond donors (Lipinski definition) is 1. The Balaban J connectivity index is 2.29. The van der Waals surface area contributed by atoms with Crippen molar-refractivity contribution in [3.63, 3.8) is 0 Å². The van der Waals surface area contributed by atoms with E-state index in [1.807, 2.05) is 25.1 Å². The van der Waals surface area contributed by atoms with Gasteiger partial charge in [-0.25, -0.2) is 0 Å². The Morgan fingerprint density at radius 2 is 2.25 bits per heavy atom. The van der Waals surface area contributed by atoms with E-state index in [-0.39, 0.29) is 11.9 Å². The zero-order chi connectivity index (χ0) is 11.7. The van der Waals surface area contributed by atoms with Gasteiger partial charge in [-0.3, -0.25) is 4.79 Å². The number of halogens is 1. The molecule has 2 N–H and O–H groups in total. The van der Waals surface area contributed by atoms with Crippen LogP contribution < -0.4 is 10.6 Å². The maximum atomic E-state index is 11.9. The van der Waals surface area contributed by atoms with Crippen LogP contribution in [0.4, 0.5) is 5.69 Å². The monoisotopic (exact) mass is 282 g/mol. The maximum Gasteiger partial charge on any atom is 0.243 e. The number of hydrogen-bond acceptors (Lipinski definition) is 2. The lowest BCUT2D eigenvalue weighted by atomic mass is 10.0. The van der Waals surface area contributed by atoms with Crippen LogP contribution >= 0.6 is 15.9 Å². The topological polar surface area (TPSA) is 46.3 Å². The lowest BCUT2D eigenvalue weighted by molar-refractivity contribution is -0.120. The van der Waals surface area contributed by atoms with Crippen LogP contribution in [0.2, 0.25) is 0 Å². The highest BCUT2D eigenvalue weighted by Crippen LogP contribution is 2.25. The van der Waals surface area contributed by atoms with Crippen LogP contribution in [0.15, 0.2) is 22.7 Å². The minimum absolute atomic E-state index is 0.0352. The molecule has 0 radical (unpaired) electrons. The maximum absolute atomic E-state index is 11.9. The molecule has 1 heterocycles. The zero-order valence-electron chi connectivity index (χ0n) is 9.24. The minimum Gasteiger partial charge on any atom is -0.320 e. The molecule has 16 heavy (non-hydrogen) atoms. The Morgan fingerprint density at radius 1 is 1.50 bits per heavy atom. The Bertz CT molecular complexity index is 419. The number of rotatable bonds is 1. The molecule has 1 saturated heterocycles. The van der Waals surface area contributed by atoms with Gasteiger partial charge in [0.15, 0.2) is 0 Å². The molecule has 1 aliphatic rings. The molecule has 1 aromatic carbocycles. The van der Waals surface area contributed by atoms with Gasteiger partial charge in [0.1, 0.15) is 0 Å². The van der Waals surface area contributed by atoms with Gasteiger partial charge in [-0.05, 0) is 43.5 Å². The number of carbonyl (C=O) groups excluding carboxylic acids is 1. The van der Waals surface area contributed by atoms with E-state index < -0.39 is 0 Å². The van der Waals surface area contributed by atoms with Crippen LogP contribution in [0.1, 0.15) is 18.4 Å². The fourth-order valence-electron chi connectivity index (χ4n) is 1.96. The molecule has 3 nitrogen and oxygen atoms in total. The summed E-state index contributed by atoms with van der Waals surface area (Å²) in [5.41, 5.74) is 7.85. The molecule has 0 aliphatic carbocycles. The highest BCUT2D eigenvalue weighted by molar-refractivity contribution is 9.10. The first kappa shape index (κ1) is 11.6. The second-order valence-electron chi connectivity index (χ2n) is 4.17. The number of carbonyl (C=O) groups is 1. The van der Waals surface area contributed by atoms with Crippen molar-refractivity contribution in [2.75, 3.05) is 11.4 Å². The van der Waals surface area contributed by atoms with Crippen molar-refractivity contribution in [3.05, 3.63) is 28.2 Å². The SMILES string of the molecule is Cc1cc(N2CCC[C@H](N)C2=O)ccc1Br. The molecule has 0 spiro atoms. The Labute approximate surface area is 104 Å². The van der Waals surface area contributed by atoms with Gasteiger partial charge >= 0.3 is 0 Å². The molecule has 1 atom stereocenters. The lowest BCUT2D eigenvalue weighted by Gasteiger charge is -2.30. The smallest absolute Gasteiger partial charge is 0.243 e. The quantitative estimate of drug-likeness (QED) is 0.859. The summed E-state index contributed by atoms with van der Waals surface area (Å²) in [7, 11) is 0. The summed E-state index contributed by atoms with van der Waals surface area (Å²) < 4.78 is 1.06. The van der Waals surface area contributed by atoms with Crippen molar-refractivity contribution in [2.45, 2.75) is 25.8 Å². The molecule has 0 unspecified atom stereocenters. The lowest BCUT2D eigenvalue weighted by Crippen LogP contribution is -2.48. The molecule has 4 heteroatoms. The van der Waals surface area contributed by atoms with E-state index in [0.717, 1.165) is 35.1 Å². The summed E-state index contributed by atoms with van der Waals surface area (Å²) in [6, 6.07) is 5.60. The van der Waals surface area contributed by atoms with E-state index in [4.69, 9.17) is 5.73 Å². The number of amides is 1. The zero-order valence-corrected chi connectivity index (χ0v) is 10.8. The van der Waals surface area contributed by atoms with Crippen molar-refractivity contribution >= 4 is 27.5 Å². The third kappa shape index (κ3) is 2.13. The average Bonchev–Trinajstić information content (AvgIpc) is 2.26. The molecule has 1 aliphatic heterocycles. The normalized spacial score (nSPS) is 21.3. The molecule has 86 valence electrons. The van der Waals surface area contributed by atoms with E-state index in [0.29, 0.717) is 0 Å². The first-order chi connectivity index (χ1) is 7.59. The Morgan fingerprint density at radius 3 is 2.94 bits per heavy atom. The van der Waals surface area contributed by atoms with Gasteiger partial charge in [-0.2, -0.15) is 0 Å². The number of nitrogens with zero attached hydrogens (tertiary/aromatic N) is 1. The van der Waals surface area contributed by atoms with Gasteiger partial charge in [-0.15, -0.1) is 0 Å². The largest absolute Gasteiger partial charge is 0.320 e. The number of benzene rings is 1. The van der Waals surface area contributed by atoms with E-state index in [1.54, 1.807) is 4.90 Å². The first-order valence-electron chi connectivity index (χ1n) is 5.42. The molecule has 1 fully saturated rings. The van der Waals surface area contributed by atoms with Gasteiger partial charge in [-0.1, -0.05) is 15.9 Å². The number of piperidine rings is 1. The molecule has 0 bridgehead atoms. The van der Waals surface area contributed by atoms with E-state index in [1.165, 1.54) is 0 Å². The summed E-state index contributed by atoms with van der Waals surface area (Å²) in [5, 5.41) is 0. The highest BCUT2D eigenvalue weighted by atomic mass is 79.9.